The van der Waals surface area contributed by atoms with Crippen LogP contribution < -0.4 is 15.2 Å². The molecular formula is C14H21N3O4S. The molecule has 2 aromatic rings. The molecule has 0 saturated carbocycles. The summed E-state index contributed by atoms with van der Waals surface area (Å²) < 4.78 is 31.9. The third kappa shape index (κ3) is 6.59. The summed E-state index contributed by atoms with van der Waals surface area (Å²) in [5.41, 5.74) is 7.95. The SMILES string of the molecule is Cc1cccc(C)c1OCC(C)N.O=[SH](=O)Nc1ncco1. The minimum atomic E-state index is -2.66. The Kier molecular flexibility index (Phi) is 7.41. The number of para-hydroxylation sites is 1. The number of rotatable bonds is 5. The summed E-state index contributed by atoms with van der Waals surface area (Å²) in [4.78, 5) is 3.49. The lowest BCUT2D eigenvalue weighted by atomic mass is 10.1. The van der Waals surface area contributed by atoms with Crippen molar-refractivity contribution in [2.45, 2.75) is 26.8 Å². The molecule has 1 atom stereocenters. The van der Waals surface area contributed by atoms with Crippen LogP contribution in [0.2, 0.25) is 0 Å². The van der Waals surface area contributed by atoms with E-state index in [2.05, 4.69) is 9.40 Å². The maximum Gasteiger partial charge on any atom is 0.308 e. The van der Waals surface area contributed by atoms with E-state index in [0.717, 1.165) is 5.75 Å². The molecule has 0 aliphatic carbocycles. The van der Waals surface area contributed by atoms with Gasteiger partial charge in [0.25, 0.3) is 0 Å². The number of hydrogen-bond donors (Lipinski definition) is 3. The Balaban J connectivity index is 0.000000235. The van der Waals surface area contributed by atoms with Crippen LogP contribution in [-0.4, -0.2) is 26.1 Å². The second kappa shape index (κ2) is 9.06. The lowest BCUT2D eigenvalue weighted by Gasteiger charge is -2.13. The first-order valence-corrected chi connectivity index (χ1v) is 7.83. The number of nitrogens with two attached hydrogens (primary N) is 1. The Hall–Kier alpha value is -2.06. The molecule has 0 bridgehead atoms. The van der Waals surface area contributed by atoms with Crippen LogP contribution in [0.1, 0.15) is 18.1 Å². The number of aromatic nitrogens is 1. The van der Waals surface area contributed by atoms with Crippen molar-refractivity contribution in [2.75, 3.05) is 11.3 Å². The molecule has 0 aliphatic rings. The monoisotopic (exact) mass is 327 g/mol. The van der Waals surface area contributed by atoms with Gasteiger partial charge in [-0.05, 0) is 31.9 Å². The highest BCUT2D eigenvalue weighted by molar-refractivity contribution is 7.73. The van der Waals surface area contributed by atoms with Gasteiger partial charge < -0.3 is 14.9 Å². The highest BCUT2D eigenvalue weighted by atomic mass is 32.2. The van der Waals surface area contributed by atoms with Crippen LogP contribution in [0.15, 0.2) is 35.1 Å². The molecule has 2 rings (SSSR count). The van der Waals surface area contributed by atoms with Gasteiger partial charge in [0.15, 0.2) is 0 Å². The summed E-state index contributed by atoms with van der Waals surface area (Å²) in [6.07, 6.45) is 2.63. The second-order valence-corrected chi connectivity index (χ2v) is 5.45. The number of benzene rings is 1. The third-order valence-corrected chi connectivity index (χ3v) is 2.89. The van der Waals surface area contributed by atoms with Crippen molar-refractivity contribution in [1.82, 2.24) is 4.98 Å². The molecule has 122 valence electrons. The second-order valence-electron chi connectivity index (χ2n) is 4.72. The van der Waals surface area contributed by atoms with Crippen LogP contribution >= 0.6 is 0 Å². The van der Waals surface area contributed by atoms with E-state index in [1.165, 1.54) is 23.6 Å². The van der Waals surface area contributed by atoms with Gasteiger partial charge in [-0.25, -0.2) is 18.1 Å². The molecule has 0 saturated heterocycles. The van der Waals surface area contributed by atoms with E-state index in [4.69, 9.17) is 10.5 Å². The number of nitrogens with one attached hydrogen (secondary N) is 1. The van der Waals surface area contributed by atoms with Crippen LogP contribution in [0.4, 0.5) is 6.01 Å². The Labute approximate surface area is 131 Å². The van der Waals surface area contributed by atoms with Gasteiger partial charge in [-0.3, -0.25) is 0 Å². The van der Waals surface area contributed by atoms with Gasteiger partial charge in [-0.2, -0.15) is 0 Å². The van der Waals surface area contributed by atoms with E-state index in [9.17, 15) is 8.42 Å². The molecule has 3 N–H and O–H groups in total. The zero-order valence-electron chi connectivity index (χ0n) is 12.8. The highest BCUT2D eigenvalue weighted by Gasteiger charge is 2.03. The summed E-state index contributed by atoms with van der Waals surface area (Å²) in [5, 5.41) is 0. The molecular weight excluding hydrogens is 306 g/mol. The molecule has 0 spiro atoms. The van der Waals surface area contributed by atoms with E-state index < -0.39 is 10.9 Å². The topological polar surface area (TPSA) is 107 Å². The van der Waals surface area contributed by atoms with E-state index in [1.807, 2.05) is 43.7 Å². The van der Waals surface area contributed by atoms with Gasteiger partial charge in [0.2, 0.25) is 10.9 Å². The molecule has 1 aromatic heterocycles. The van der Waals surface area contributed by atoms with Crippen LogP contribution in [0, 0.1) is 13.8 Å². The summed E-state index contributed by atoms with van der Waals surface area (Å²) in [5.74, 6) is 0.972. The highest BCUT2D eigenvalue weighted by Crippen LogP contribution is 2.22. The molecule has 7 nitrogen and oxygen atoms in total. The Morgan fingerprint density at radius 2 is 2.00 bits per heavy atom. The van der Waals surface area contributed by atoms with E-state index in [-0.39, 0.29) is 12.1 Å². The van der Waals surface area contributed by atoms with Crippen LogP contribution in [0.5, 0.6) is 5.75 Å². The van der Waals surface area contributed by atoms with Crippen molar-refractivity contribution in [3.8, 4) is 5.75 Å². The summed E-state index contributed by atoms with van der Waals surface area (Å²) in [6.45, 7) is 6.60. The fourth-order valence-corrected chi connectivity index (χ4v) is 1.86. The van der Waals surface area contributed by atoms with E-state index in [0.29, 0.717) is 6.61 Å². The number of nitrogens with zero attached hydrogens (tertiary/aromatic N) is 1. The van der Waals surface area contributed by atoms with Crippen molar-refractivity contribution in [3.63, 3.8) is 0 Å². The maximum absolute atomic E-state index is 9.89. The van der Waals surface area contributed by atoms with Crippen molar-refractivity contribution < 1.29 is 17.6 Å². The third-order valence-electron chi connectivity index (χ3n) is 2.52. The first-order chi connectivity index (χ1) is 10.4. The van der Waals surface area contributed by atoms with Crippen molar-refractivity contribution in [2.24, 2.45) is 5.73 Å². The zero-order chi connectivity index (χ0) is 16.5. The molecule has 0 aliphatic heterocycles. The van der Waals surface area contributed by atoms with E-state index in [1.54, 1.807) is 0 Å². The molecule has 0 amide bonds. The number of oxazole rings is 1. The number of thiol groups is 1. The summed E-state index contributed by atoms with van der Waals surface area (Å²) in [6, 6.07) is 6.20. The predicted octanol–water partition coefficient (Wildman–Crippen LogP) is 1.64. The Morgan fingerprint density at radius 3 is 2.45 bits per heavy atom. The Morgan fingerprint density at radius 1 is 1.36 bits per heavy atom. The standard InChI is InChI=1S/C11H17NO.C3H4N2O3S/c1-8-5-4-6-9(2)11(8)13-7-10(3)12;6-9(7)5-3-4-1-2-8-3/h4-6,10H,7,12H2,1-3H3;1-2,9H,(H,4,5,6,7). The van der Waals surface area contributed by atoms with Gasteiger partial charge in [-0.1, -0.05) is 18.2 Å². The minimum absolute atomic E-state index is 0.00823. The van der Waals surface area contributed by atoms with Crippen molar-refractivity contribution in [1.29, 1.82) is 0 Å². The zero-order valence-corrected chi connectivity index (χ0v) is 13.7. The van der Waals surface area contributed by atoms with Crippen LogP contribution in [0.25, 0.3) is 0 Å². The van der Waals surface area contributed by atoms with E-state index >= 15 is 0 Å². The first-order valence-electron chi connectivity index (χ1n) is 6.65. The molecule has 1 aromatic carbocycles. The molecule has 0 fully saturated rings. The summed E-state index contributed by atoms with van der Waals surface area (Å²) in [7, 11) is -2.66. The normalized spacial score (nSPS) is 11.5. The lowest BCUT2D eigenvalue weighted by Crippen LogP contribution is -2.24. The van der Waals surface area contributed by atoms with Crippen LogP contribution in [0.3, 0.4) is 0 Å². The molecule has 22 heavy (non-hydrogen) atoms. The van der Waals surface area contributed by atoms with Gasteiger partial charge in [-0.15, -0.1) is 0 Å². The largest absolute Gasteiger partial charge is 0.491 e. The molecule has 1 heterocycles. The lowest BCUT2D eigenvalue weighted by molar-refractivity contribution is 0.292. The van der Waals surface area contributed by atoms with Gasteiger partial charge >= 0.3 is 6.01 Å². The molecule has 8 heteroatoms. The molecule has 1 unspecified atom stereocenters. The van der Waals surface area contributed by atoms with Gasteiger partial charge in [0, 0.05) is 6.04 Å². The average Bonchev–Trinajstić information content (AvgIpc) is 2.90. The quantitative estimate of drug-likeness (QED) is 0.721. The fraction of sp³-hybridized carbons (Fsp3) is 0.357. The van der Waals surface area contributed by atoms with Crippen molar-refractivity contribution >= 4 is 16.9 Å². The number of aryl methyl sites for hydroxylation is 2. The maximum atomic E-state index is 9.89. The summed E-state index contributed by atoms with van der Waals surface area (Å²) >= 11 is 0. The number of ether oxygens (including phenoxy) is 1. The molecule has 0 radical (unpaired) electrons. The fourth-order valence-electron chi connectivity index (χ4n) is 1.60. The number of anilines is 1. The predicted molar refractivity (Wildman–Crippen MR) is 85.5 cm³/mol. The number of hydrogen-bond acceptors (Lipinski definition) is 6. The van der Waals surface area contributed by atoms with Crippen LogP contribution in [-0.2, 0) is 10.9 Å². The first kappa shape index (κ1) is 18.0. The smallest absolute Gasteiger partial charge is 0.308 e. The van der Waals surface area contributed by atoms with Gasteiger partial charge in [0.1, 0.15) is 18.6 Å². The van der Waals surface area contributed by atoms with Crippen molar-refractivity contribution in [3.05, 3.63) is 41.8 Å². The average molecular weight is 327 g/mol. The minimum Gasteiger partial charge on any atom is -0.491 e. The Bertz CT molecular complexity index is 611. The van der Waals surface area contributed by atoms with Gasteiger partial charge in [0.05, 0.1) is 6.20 Å².